The van der Waals surface area contributed by atoms with Crippen molar-refractivity contribution in [1.29, 1.82) is 0 Å². The first kappa shape index (κ1) is 19.0. The fourth-order valence-electron chi connectivity index (χ4n) is 2.44. The highest BCUT2D eigenvalue weighted by molar-refractivity contribution is 8.00. The summed E-state index contributed by atoms with van der Waals surface area (Å²) < 4.78 is 1.92. The molecule has 27 heavy (non-hydrogen) atoms. The van der Waals surface area contributed by atoms with Gasteiger partial charge in [-0.3, -0.25) is 9.36 Å². The van der Waals surface area contributed by atoms with Crippen molar-refractivity contribution in [2.75, 3.05) is 6.54 Å². The van der Waals surface area contributed by atoms with E-state index < -0.39 is 0 Å². The van der Waals surface area contributed by atoms with Gasteiger partial charge in [-0.25, -0.2) is 0 Å². The highest BCUT2D eigenvalue weighted by atomic mass is 35.5. The molecule has 0 aliphatic carbocycles. The van der Waals surface area contributed by atoms with E-state index in [0.717, 1.165) is 11.3 Å². The molecule has 3 aromatic rings. The van der Waals surface area contributed by atoms with Crippen molar-refractivity contribution < 1.29 is 4.79 Å². The zero-order chi connectivity index (χ0) is 19.2. The summed E-state index contributed by atoms with van der Waals surface area (Å²) in [6.45, 7) is 2.00. The summed E-state index contributed by atoms with van der Waals surface area (Å²) >= 11 is 7.35. The van der Waals surface area contributed by atoms with Crippen LogP contribution in [0.3, 0.4) is 0 Å². The van der Waals surface area contributed by atoms with Crippen molar-refractivity contribution in [3.8, 4) is 29.4 Å². The molecule has 2 aromatic carbocycles. The number of aromatic nitrogens is 3. The van der Waals surface area contributed by atoms with Crippen LogP contribution in [0.5, 0.6) is 0 Å². The second-order valence-corrected chi connectivity index (χ2v) is 7.41. The van der Waals surface area contributed by atoms with Crippen LogP contribution in [0.15, 0.2) is 59.8 Å². The number of rotatable bonds is 6. The number of amides is 1. The fraction of sp³-hybridized carbons (Fsp3) is 0.150. The summed E-state index contributed by atoms with van der Waals surface area (Å²) in [6, 6.07) is 17.2. The summed E-state index contributed by atoms with van der Waals surface area (Å²) in [5, 5.41) is 12.2. The maximum absolute atomic E-state index is 12.2. The summed E-state index contributed by atoms with van der Waals surface area (Å²) in [4.78, 5) is 12.2. The molecule has 5 nitrogen and oxygen atoms in total. The zero-order valence-corrected chi connectivity index (χ0v) is 16.2. The summed E-state index contributed by atoms with van der Waals surface area (Å²) in [7, 11) is 0. The number of terminal acetylenes is 1. The Hall–Kier alpha value is -2.75. The monoisotopic (exact) mass is 396 g/mol. The van der Waals surface area contributed by atoms with E-state index >= 15 is 0 Å². The molecular formula is C20H17ClN4OS. The number of nitrogens with zero attached hydrogens (tertiary/aromatic N) is 3. The van der Waals surface area contributed by atoms with Gasteiger partial charge in [-0.2, -0.15) is 0 Å². The third-order valence-corrected chi connectivity index (χ3v) is 5.06. The Labute approximate surface area is 167 Å². The quantitative estimate of drug-likeness (QED) is 0.508. The second-order valence-electron chi connectivity index (χ2n) is 5.67. The lowest BCUT2D eigenvalue weighted by Crippen LogP contribution is -2.31. The maximum Gasteiger partial charge on any atom is 0.234 e. The van der Waals surface area contributed by atoms with E-state index in [1.54, 1.807) is 6.92 Å². The Morgan fingerprint density at radius 2 is 1.93 bits per heavy atom. The first-order valence-electron chi connectivity index (χ1n) is 8.24. The highest BCUT2D eigenvalue weighted by Crippen LogP contribution is 2.30. The summed E-state index contributed by atoms with van der Waals surface area (Å²) in [5.74, 6) is 2.94. The summed E-state index contributed by atoms with van der Waals surface area (Å²) in [6.07, 6.45) is 5.20. The van der Waals surface area contributed by atoms with Crippen molar-refractivity contribution in [3.05, 3.63) is 59.6 Å². The Balaban J connectivity index is 1.99. The average Bonchev–Trinajstić information content (AvgIpc) is 3.10. The lowest BCUT2D eigenvalue weighted by Gasteiger charge is -2.13. The Morgan fingerprint density at radius 1 is 1.22 bits per heavy atom. The molecule has 0 aliphatic rings. The Morgan fingerprint density at radius 3 is 2.59 bits per heavy atom. The van der Waals surface area contributed by atoms with E-state index in [1.165, 1.54) is 11.8 Å². The molecule has 1 N–H and O–H groups in total. The highest BCUT2D eigenvalue weighted by Gasteiger charge is 2.21. The van der Waals surface area contributed by atoms with Gasteiger partial charge in [0, 0.05) is 16.3 Å². The lowest BCUT2D eigenvalue weighted by atomic mass is 10.2. The standard InChI is InChI=1S/C20H17ClN4OS/c1-3-13-22-19(26)14(2)27-20-24-23-18(15-7-5-4-6-8-15)25(20)17-11-9-16(21)10-12-17/h1,4-12,14H,13H2,2H3,(H,22,26). The molecule has 1 amide bonds. The fourth-order valence-corrected chi connectivity index (χ4v) is 3.45. The number of halogens is 1. The molecule has 1 atom stereocenters. The molecule has 136 valence electrons. The molecule has 0 aliphatic heterocycles. The van der Waals surface area contributed by atoms with Gasteiger partial charge in [0.15, 0.2) is 11.0 Å². The van der Waals surface area contributed by atoms with Crippen LogP contribution in [-0.4, -0.2) is 32.5 Å². The van der Waals surface area contributed by atoms with Crippen LogP contribution in [0, 0.1) is 12.3 Å². The summed E-state index contributed by atoms with van der Waals surface area (Å²) in [5.41, 5.74) is 1.79. The smallest absolute Gasteiger partial charge is 0.234 e. The van der Waals surface area contributed by atoms with Crippen LogP contribution in [0.2, 0.25) is 5.02 Å². The van der Waals surface area contributed by atoms with Crippen LogP contribution >= 0.6 is 23.4 Å². The average molecular weight is 397 g/mol. The third-order valence-electron chi connectivity index (χ3n) is 3.77. The Kier molecular flexibility index (Phi) is 6.17. The molecule has 1 aromatic heterocycles. The first-order chi connectivity index (χ1) is 13.1. The van der Waals surface area contributed by atoms with E-state index in [1.807, 2.05) is 59.2 Å². The Bertz CT molecular complexity index is 964. The largest absolute Gasteiger partial charge is 0.344 e. The second kappa shape index (κ2) is 8.76. The molecule has 7 heteroatoms. The number of hydrogen-bond donors (Lipinski definition) is 1. The van der Waals surface area contributed by atoms with Gasteiger partial charge in [0.25, 0.3) is 0 Å². The van der Waals surface area contributed by atoms with E-state index in [0.29, 0.717) is 16.0 Å². The minimum atomic E-state index is -0.378. The molecule has 0 saturated heterocycles. The molecular weight excluding hydrogens is 380 g/mol. The van der Waals surface area contributed by atoms with Crippen LogP contribution in [0.1, 0.15) is 6.92 Å². The van der Waals surface area contributed by atoms with Gasteiger partial charge in [0.05, 0.1) is 11.8 Å². The lowest BCUT2D eigenvalue weighted by molar-refractivity contribution is -0.120. The van der Waals surface area contributed by atoms with Gasteiger partial charge in [0.1, 0.15) is 0 Å². The predicted molar refractivity (Wildman–Crippen MR) is 109 cm³/mol. The number of carbonyl (C=O) groups excluding carboxylic acids is 1. The molecule has 0 bridgehead atoms. The number of thioether (sulfide) groups is 1. The molecule has 0 fully saturated rings. The van der Waals surface area contributed by atoms with Crippen LogP contribution in [0.25, 0.3) is 17.1 Å². The molecule has 0 spiro atoms. The molecule has 1 heterocycles. The minimum Gasteiger partial charge on any atom is -0.344 e. The van der Waals surface area contributed by atoms with Gasteiger partial charge < -0.3 is 5.32 Å². The predicted octanol–water partition coefficient (Wildman–Crippen LogP) is 3.82. The SMILES string of the molecule is C#CCNC(=O)C(C)Sc1nnc(-c2ccccc2)n1-c1ccc(Cl)cc1. The third kappa shape index (κ3) is 4.51. The van der Waals surface area contributed by atoms with E-state index in [4.69, 9.17) is 18.0 Å². The normalized spacial score (nSPS) is 11.6. The maximum atomic E-state index is 12.2. The van der Waals surface area contributed by atoms with Gasteiger partial charge in [-0.15, -0.1) is 16.6 Å². The van der Waals surface area contributed by atoms with Crippen LogP contribution in [-0.2, 0) is 4.79 Å². The van der Waals surface area contributed by atoms with Crippen molar-refractivity contribution in [1.82, 2.24) is 20.1 Å². The topological polar surface area (TPSA) is 59.8 Å². The van der Waals surface area contributed by atoms with Crippen molar-refractivity contribution >= 4 is 29.3 Å². The van der Waals surface area contributed by atoms with Crippen molar-refractivity contribution in [2.45, 2.75) is 17.3 Å². The van der Waals surface area contributed by atoms with Crippen molar-refractivity contribution in [2.24, 2.45) is 0 Å². The van der Waals surface area contributed by atoms with E-state index in [9.17, 15) is 4.79 Å². The molecule has 0 radical (unpaired) electrons. The first-order valence-corrected chi connectivity index (χ1v) is 9.50. The molecule has 0 saturated carbocycles. The van der Waals surface area contributed by atoms with E-state index in [-0.39, 0.29) is 17.7 Å². The number of hydrogen-bond acceptors (Lipinski definition) is 4. The zero-order valence-electron chi connectivity index (χ0n) is 14.6. The number of benzene rings is 2. The van der Waals surface area contributed by atoms with Gasteiger partial charge in [0.2, 0.25) is 5.91 Å². The van der Waals surface area contributed by atoms with Gasteiger partial charge >= 0.3 is 0 Å². The van der Waals surface area contributed by atoms with Gasteiger partial charge in [-0.05, 0) is 31.2 Å². The molecule has 3 rings (SSSR count). The minimum absolute atomic E-state index is 0.148. The van der Waals surface area contributed by atoms with Crippen molar-refractivity contribution in [3.63, 3.8) is 0 Å². The van der Waals surface area contributed by atoms with Crippen LogP contribution < -0.4 is 5.32 Å². The molecule has 1 unspecified atom stereocenters. The number of carbonyl (C=O) groups is 1. The van der Waals surface area contributed by atoms with Gasteiger partial charge in [-0.1, -0.05) is 59.6 Å². The van der Waals surface area contributed by atoms with E-state index in [2.05, 4.69) is 21.4 Å². The van der Waals surface area contributed by atoms with Crippen LogP contribution in [0.4, 0.5) is 0 Å². The number of nitrogens with one attached hydrogen (secondary N) is 1.